The Bertz CT molecular complexity index is 646. The standard InChI is InChI=1S/C13H9ClN2O3/c14-13-9(6-17)12(15-7-16-13)8-1-2-10-11(5-8)19-4-3-18-10/h1-2,5-7H,3-4H2. The number of halogens is 1. The highest BCUT2D eigenvalue weighted by Gasteiger charge is 2.16. The third-order valence-electron chi connectivity index (χ3n) is 2.77. The number of fused-ring (bicyclic) bond motifs is 1. The highest BCUT2D eigenvalue weighted by atomic mass is 35.5. The van der Waals surface area contributed by atoms with Gasteiger partial charge >= 0.3 is 0 Å². The molecule has 3 rings (SSSR count). The molecule has 1 aliphatic rings. The molecule has 0 N–H and O–H groups in total. The number of aldehydes is 1. The zero-order valence-electron chi connectivity index (χ0n) is 9.80. The van der Waals surface area contributed by atoms with Crippen LogP contribution in [0.25, 0.3) is 11.3 Å². The summed E-state index contributed by atoms with van der Waals surface area (Å²) in [6, 6.07) is 5.37. The molecule has 0 bridgehead atoms. The molecular weight excluding hydrogens is 268 g/mol. The molecule has 0 unspecified atom stereocenters. The molecule has 0 saturated heterocycles. The van der Waals surface area contributed by atoms with E-state index in [1.54, 1.807) is 18.2 Å². The van der Waals surface area contributed by atoms with Gasteiger partial charge in [-0.05, 0) is 18.2 Å². The first-order valence-electron chi connectivity index (χ1n) is 5.65. The maximum Gasteiger partial charge on any atom is 0.162 e. The predicted molar refractivity (Wildman–Crippen MR) is 68.9 cm³/mol. The first kappa shape index (κ1) is 11.9. The van der Waals surface area contributed by atoms with Crippen molar-refractivity contribution < 1.29 is 14.3 Å². The van der Waals surface area contributed by atoms with E-state index in [1.807, 2.05) is 0 Å². The van der Waals surface area contributed by atoms with E-state index >= 15 is 0 Å². The van der Waals surface area contributed by atoms with Gasteiger partial charge in [0.25, 0.3) is 0 Å². The summed E-state index contributed by atoms with van der Waals surface area (Å²) in [5.41, 5.74) is 1.48. The number of carbonyl (C=O) groups is 1. The summed E-state index contributed by atoms with van der Waals surface area (Å²) in [6.07, 6.45) is 1.97. The van der Waals surface area contributed by atoms with Crippen LogP contribution < -0.4 is 9.47 Å². The van der Waals surface area contributed by atoms with E-state index in [4.69, 9.17) is 21.1 Å². The van der Waals surface area contributed by atoms with E-state index in [1.165, 1.54) is 6.33 Å². The van der Waals surface area contributed by atoms with Crippen molar-refractivity contribution >= 4 is 17.9 Å². The van der Waals surface area contributed by atoms with E-state index in [2.05, 4.69) is 9.97 Å². The first-order valence-corrected chi connectivity index (χ1v) is 6.03. The number of carbonyl (C=O) groups excluding carboxylic acids is 1. The van der Waals surface area contributed by atoms with Crippen LogP contribution in [0, 0.1) is 0 Å². The monoisotopic (exact) mass is 276 g/mol. The summed E-state index contributed by atoms with van der Waals surface area (Å²) in [5, 5.41) is 0.134. The maximum atomic E-state index is 11.1. The normalized spacial score (nSPS) is 13.1. The molecule has 0 spiro atoms. The highest BCUT2D eigenvalue weighted by molar-refractivity contribution is 6.32. The van der Waals surface area contributed by atoms with E-state index in [9.17, 15) is 4.79 Å². The Morgan fingerprint density at radius 3 is 2.74 bits per heavy atom. The summed E-state index contributed by atoms with van der Waals surface area (Å²) in [4.78, 5) is 19.0. The molecule has 0 saturated carbocycles. The number of hydrogen-bond acceptors (Lipinski definition) is 5. The van der Waals surface area contributed by atoms with E-state index in [0.717, 1.165) is 5.56 Å². The second kappa shape index (κ2) is 4.85. The Hall–Kier alpha value is -2.14. The summed E-state index contributed by atoms with van der Waals surface area (Å²) in [5.74, 6) is 1.32. The van der Waals surface area contributed by atoms with Gasteiger partial charge in [-0.2, -0.15) is 0 Å². The van der Waals surface area contributed by atoms with Crippen molar-refractivity contribution in [1.82, 2.24) is 9.97 Å². The van der Waals surface area contributed by atoms with Crippen LogP contribution in [-0.2, 0) is 0 Å². The van der Waals surface area contributed by atoms with Crippen LogP contribution in [0.1, 0.15) is 10.4 Å². The lowest BCUT2D eigenvalue weighted by Crippen LogP contribution is -2.15. The maximum absolute atomic E-state index is 11.1. The molecule has 19 heavy (non-hydrogen) atoms. The smallest absolute Gasteiger partial charge is 0.162 e. The summed E-state index contributed by atoms with van der Waals surface area (Å²) < 4.78 is 10.9. The number of hydrogen-bond donors (Lipinski definition) is 0. The number of benzene rings is 1. The molecule has 0 amide bonds. The fourth-order valence-corrected chi connectivity index (χ4v) is 2.08. The van der Waals surface area contributed by atoms with E-state index < -0.39 is 0 Å². The van der Waals surface area contributed by atoms with Crippen molar-refractivity contribution in [2.24, 2.45) is 0 Å². The molecule has 2 heterocycles. The van der Waals surface area contributed by atoms with Gasteiger partial charge < -0.3 is 9.47 Å². The molecule has 1 aromatic heterocycles. The van der Waals surface area contributed by atoms with Gasteiger partial charge in [-0.15, -0.1) is 0 Å². The fraction of sp³-hybridized carbons (Fsp3) is 0.154. The average Bonchev–Trinajstić information content (AvgIpc) is 2.46. The topological polar surface area (TPSA) is 61.3 Å². The van der Waals surface area contributed by atoms with Crippen LogP contribution >= 0.6 is 11.6 Å². The van der Waals surface area contributed by atoms with Gasteiger partial charge in [-0.3, -0.25) is 4.79 Å². The van der Waals surface area contributed by atoms with E-state index in [-0.39, 0.29) is 10.7 Å². The molecule has 1 aliphatic heterocycles. The van der Waals surface area contributed by atoms with Gasteiger partial charge in [0.2, 0.25) is 0 Å². The van der Waals surface area contributed by atoms with Gasteiger partial charge in [0.05, 0.1) is 11.3 Å². The second-order valence-corrected chi connectivity index (χ2v) is 4.26. The molecule has 5 nitrogen and oxygen atoms in total. The third kappa shape index (κ3) is 2.13. The average molecular weight is 277 g/mol. The fourth-order valence-electron chi connectivity index (χ4n) is 1.90. The SMILES string of the molecule is O=Cc1c(Cl)ncnc1-c1ccc2c(c1)OCCO2. The number of rotatable bonds is 2. The number of aromatic nitrogens is 2. The molecular formula is C13H9ClN2O3. The van der Waals surface area contributed by atoms with E-state index in [0.29, 0.717) is 36.7 Å². The van der Waals surface area contributed by atoms with Gasteiger partial charge in [0, 0.05) is 5.56 Å². The Morgan fingerprint density at radius 2 is 1.95 bits per heavy atom. The van der Waals surface area contributed by atoms with Gasteiger partial charge in [0.15, 0.2) is 17.8 Å². The van der Waals surface area contributed by atoms with Gasteiger partial charge in [-0.1, -0.05) is 11.6 Å². The lowest BCUT2D eigenvalue weighted by molar-refractivity contribution is 0.112. The first-order chi connectivity index (χ1) is 9.29. The summed E-state index contributed by atoms with van der Waals surface area (Å²) in [6.45, 7) is 1.03. The zero-order chi connectivity index (χ0) is 13.2. The molecule has 0 aliphatic carbocycles. The van der Waals surface area contributed by atoms with Crippen LogP contribution in [0.4, 0.5) is 0 Å². The molecule has 1 aromatic carbocycles. The van der Waals surface area contributed by atoms with Crippen LogP contribution in [0.3, 0.4) is 0 Å². The van der Waals surface area contributed by atoms with Crippen LogP contribution in [0.5, 0.6) is 11.5 Å². The van der Waals surface area contributed by atoms with Crippen molar-refractivity contribution in [2.75, 3.05) is 13.2 Å². The summed E-state index contributed by atoms with van der Waals surface area (Å²) >= 11 is 5.88. The zero-order valence-corrected chi connectivity index (χ0v) is 10.6. The Balaban J connectivity index is 2.12. The summed E-state index contributed by atoms with van der Waals surface area (Å²) in [7, 11) is 0. The van der Waals surface area contributed by atoms with Crippen molar-refractivity contribution in [1.29, 1.82) is 0 Å². The molecule has 2 aromatic rings. The minimum absolute atomic E-state index is 0.134. The van der Waals surface area contributed by atoms with Crippen molar-refractivity contribution in [3.63, 3.8) is 0 Å². The lowest BCUT2D eigenvalue weighted by atomic mass is 10.1. The third-order valence-corrected chi connectivity index (χ3v) is 3.07. The minimum Gasteiger partial charge on any atom is -0.486 e. The Labute approximate surface area is 114 Å². The lowest BCUT2D eigenvalue weighted by Gasteiger charge is -2.19. The van der Waals surface area contributed by atoms with Gasteiger partial charge in [0.1, 0.15) is 24.7 Å². The molecule has 0 fully saturated rings. The predicted octanol–water partition coefficient (Wildman–Crippen LogP) is 2.38. The van der Waals surface area contributed by atoms with Crippen molar-refractivity contribution in [2.45, 2.75) is 0 Å². The van der Waals surface area contributed by atoms with Crippen molar-refractivity contribution in [3.05, 3.63) is 35.2 Å². The number of ether oxygens (including phenoxy) is 2. The van der Waals surface area contributed by atoms with Crippen LogP contribution in [0.15, 0.2) is 24.5 Å². The van der Waals surface area contributed by atoms with Crippen LogP contribution in [0.2, 0.25) is 5.15 Å². The molecule has 0 radical (unpaired) electrons. The van der Waals surface area contributed by atoms with Crippen molar-refractivity contribution in [3.8, 4) is 22.8 Å². The second-order valence-electron chi connectivity index (χ2n) is 3.90. The molecule has 0 atom stereocenters. The Morgan fingerprint density at radius 1 is 1.16 bits per heavy atom. The molecule has 6 heteroatoms. The largest absolute Gasteiger partial charge is 0.486 e. The van der Waals surface area contributed by atoms with Gasteiger partial charge in [-0.25, -0.2) is 9.97 Å². The van der Waals surface area contributed by atoms with Crippen LogP contribution in [-0.4, -0.2) is 29.5 Å². The molecule has 96 valence electrons. The minimum atomic E-state index is 0.134. The highest BCUT2D eigenvalue weighted by Crippen LogP contribution is 2.35. The Kier molecular flexibility index (Phi) is 3.05. The quantitative estimate of drug-likeness (QED) is 0.622. The number of nitrogens with zero attached hydrogens (tertiary/aromatic N) is 2.